The fourth-order valence-electron chi connectivity index (χ4n) is 1.49. The minimum atomic E-state index is 0.138. The van der Waals surface area contributed by atoms with Crippen LogP contribution in [0, 0.1) is 0 Å². The van der Waals surface area contributed by atoms with Crippen molar-refractivity contribution in [2.24, 2.45) is 5.73 Å². The first-order valence-electron chi connectivity index (χ1n) is 4.59. The van der Waals surface area contributed by atoms with E-state index in [9.17, 15) is 0 Å². The molecule has 1 atom stereocenters. The second-order valence-electron chi connectivity index (χ2n) is 3.58. The normalized spacial score (nSPS) is 13.4. The highest BCUT2D eigenvalue weighted by atomic mass is 79.9. The third kappa shape index (κ3) is 1.99. The molecule has 3 heteroatoms. The monoisotopic (exact) mass is 253 g/mol. The number of hydrogen-bond acceptors (Lipinski definition) is 2. The zero-order valence-electron chi connectivity index (χ0n) is 7.96. The molecule has 0 aliphatic heterocycles. The van der Waals surface area contributed by atoms with Gasteiger partial charge in [-0.3, -0.25) is 0 Å². The van der Waals surface area contributed by atoms with Crippen LogP contribution in [0.3, 0.4) is 0 Å². The maximum atomic E-state index is 5.71. The molecule has 14 heavy (non-hydrogen) atoms. The number of furan rings is 1. The molecule has 2 N–H and O–H groups in total. The van der Waals surface area contributed by atoms with Crippen LogP contribution in [-0.4, -0.2) is 6.04 Å². The molecule has 1 unspecified atom stereocenters. The maximum absolute atomic E-state index is 5.71. The van der Waals surface area contributed by atoms with Gasteiger partial charge in [0.25, 0.3) is 0 Å². The molecule has 0 aliphatic carbocycles. The van der Waals surface area contributed by atoms with Crippen molar-refractivity contribution < 1.29 is 4.42 Å². The molecular weight excluding hydrogens is 242 g/mol. The Morgan fingerprint density at radius 3 is 2.93 bits per heavy atom. The van der Waals surface area contributed by atoms with Gasteiger partial charge in [-0.25, -0.2) is 0 Å². The molecule has 0 radical (unpaired) electrons. The highest BCUT2D eigenvalue weighted by Crippen LogP contribution is 2.23. The fraction of sp³-hybridized carbons (Fsp3) is 0.273. The Morgan fingerprint density at radius 2 is 2.21 bits per heavy atom. The Labute approximate surface area is 91.2 Å². The second kappa shape index (κ2) is 3.75. The van der Waals surface area contributed by atoms with Gasteiger partial charge in [-0.1, -0.05) is 15.9 Å². The summed E-state index contributed by atoms with van der Waals surface area (Å²) in [6, 6.07) is 8.16. The molecule has 2 nitrogen and oxygen atoms in total. The Morgan fingerprint density at radius 1 is 1.43 bits per heavy atom. The molecule has 1 aromatic heterocycles. The van der Waals surface area contributed by atoms with Gasteiger partial charge in [-0.15, -0.1) is 0 Å². The van der Waals surface area contributed by atoms with Crippen molar-refractivity contribution in [3.05, 3.63) is 34.5 Å². The van der Waals surface area contributed by atoms with Crippen LogP contribution in [-0.2, 0) is 6.42 Å². The highest BCUT2D eigenvalue weighted by molar-refractivity contribution is 9.10. The molecule has 0 saturated carbocycles. The van der Waals surface area contributed by atoms with E-state index in [1.165, 1.54) is 0 Å². The lowest BCUT2D eigenvalue weighted by atomic mass is 10.2. The van der Waals surface area contributed by atoms with Gasteiger partial charge in [0.05, 0.1) is 0 Å². The van der Waals surface area contributed by atoms with Crippen molar-refractivity contribution in [3.8, 4) is 0 Å². The van der Waals surface area contributed by atoms with E-state index in [0.29, 0.717) is 0 Å². The largest absolute Gasteiger partial charge is 0.461 e. The van der Waals surface area contributed by atoms with Crippen LogP contribution in [0.5, 0.6) is 0 Å². The summed E-state index contributed by atoms with van der Waals surface area (Å²) in [5.74, 6) is 0.952. The average molecular weight is 254 g/mol. The van der Waals surface area contributed by atoms with Crippen molar-refractivity contribution in [3.63, 3.8) is 0 Å². The number of hydrogen-bond donors (Lipinski definition) is 1. The van der Waals surface area contributed by atoms with Crippen LogP contribution in [0.2, 0.25) is 0 Å². The first-order chi connectivity index (χ1) is 6.65. The van der Waals surface area contributed by atoms with Gasteiger partial charge in [-0.05, 0) is 31.2 Å². The number of benzene rings is 1. The van der Waals surface area contributed by atoms with E-state index >= 15 is 0 Å². The van der Waals surface area contributed by atoms with Crippen molar-refractivity contribution in [1.29, 1.82) is 0 Å². The highest BCUT2D eigenvalue weighted by Gasteiger charge is 2.05. The average Bonchev–Trinajstić information content (AvgIpc) is 2.44. The first-order valence-corrected chi connectivity index (χ1v) is 5.38. The van der Waals surface area contributed by atoms with Crippen molar-refractivity contribution in [2.75, 3.05) is 0 Å². The van der Waals surface area contributed by atoms with E-state index < -0.39 is 0 Å². The summed E-state index contributed by atoms with van der Waals surface area (Å²) >= 11 is 3.43. The molecule has 2 aromatic rings. The zero-order chi connectivity index (χ0) is 10.1. The van der Waals surface area contributed by atoms with Gasteiger partial charge in [-0.2, -0.15) is 0 Å². The predicted octanol–water partition coefficient (Wildman–Crippen LogP) is 3.09. The molecule has 1 aromatic carbocycles. The summed E-state index contributed by atoms with van der Waals surface area (Å²) in [4.78, 5) is 0. The number of rotatable bonds is 2. The van der Waals surface area contributed by atoms with Crippen LogP contribution in [0.15, 0.2) is 33.2 Å². The maximum Gasteiger partial charge on any atom is 0.134 e. The molecule has 74 valence electrons. The fourth-order valence-corrected chi connectivity index (χ4v) is 1.87. The Hall–Kier alpha value is -0.800. The minimum Gasteiger partial charge on any atom is -0.461 e. The molecule has 0 aliphatic rings. The molecule has 0 saturated heterocycles. The third-order valence-electron chi connectivity index (χ3n) is 2.05. The first kappa shape index (κ1) is 9.74. The van der Waals surface area contributed by atoms with Crippen molar-refractivity contribution >= 4 is 26.9 Å². The molecule has 0 amide bonds. The smallest absolute Gasteiger partial charge is 0.134 e. The van der Waals surface area contributed by atoms with E-state index in [2.05, 4.69) is 15.9 Å². The lowest BCUT2D eigenvalue weighted by Crippen LogP contribution is -2.17. The van der Waals surface area contributed by atoms with Crippen LogP contribution >= 0.6 is 15.9 Å². The van der Waals surface area contributed by atoms with Gasteiger partial charge < -0.3 is 10.2 Å². The van der Waals surface area contributed by atoms with Crippen LogP contribution in [0.1, 0.15) is 12.7 Å². The van der Waals surface area contributed by atoms with Crippen molar-refractivity contribution in [2.45, 2.75) is 19.4 Å². The third-order valence-corrected chi connectivity index (χ3v) is 2.55. The lowest BCUT2D eigenvalue weighted by Gasteiger charge is -1.98. The Bertz CT molecular complexity index is 447. The molecule has 0 spiro atoms. The lowest BCUT2D eigenvalue weighted by molar-refractivity contribution is 0.525. The van der Waals surface area contributed by atoms with Gasteiger partial charge in [0.2, 0.25) is 0 Å². The Balaban J connectivity index is 2.41. The summed E-state index contributed by atoms with van der Waals surface area (Å²) in [6.07, 6.45) is 0.784. The quantitative estimate of drug-likeness (QED) is 0.894. The predicted molar refractivity (Wildman–Crippen MR) is 61.3 cm³/mol. The van der Waals surface area contributed by atoms with Gasteiger partial charge in [0, 0.05) is 22.3 Å². The second-order valence-corrected chi connectivity index (χ2v) is 4.49. The molecule has 0 fully saturated rings. The van der Waals surface area contributed by atoms with E-state index in [4.69, 9.17) is 10.2 Å². The summed E-state index contributed by atoms with van der Waals surface area (Å²) < 4.78 is 6.70. The van der Waals surface area contributed by atoms with E-state index in [1.54, 1.807) is 0 Å². The molecule has 2 rings (SSSR count). The summed E-state index contributed by atoms with van der Waals surface area (Å²) in [5.41, 5.74) is 6.63. The zero-order valence-corrected chi connectivity index (χ0v) is 9.54. The van der Waals surface area contributed by atoms with Crippen LogP contribution in [0.4, 0.5) is 0 Å². The number of halogens is 1. The van der Waals surface area contributed by atoms with Crippen LogP contribution < -0.4 is 5.73 Å². The number of nitrogens with two attached hydrogens (primary N) is 1. The topological polar surface area (TPSA) is 39.2 Å². The molecule has 0 bridgehead atoms. The SMILES string of the molecule is CC(N)Cc1cc2cc(Br)ccc2o1. The molecule has 1 heterocycles. The van der Waals surface area contributed by atoms with E-state index in [0.717, 1.165) is 27.6 Å². The van der Waals surface area contributed by atoms with Crippen LogP contribution in [0.25, 0.3) is 11.0 Å². The Kier molecular flexibility index (Phi) is 2.61. The summed E-state index contributed by atoms with van der Waals surface area (Å²) in [6.45, 7) is 1.98. The van der Waals surface area contributed by atoms with E-state index in [-0.39, 0.29) is 6.04 Å². The van der Waals surface area contributed by atoms with E-state index in [1.807, 2.05) is 31.2 Å². The summed E-state index contributed by atoms with van der Waals surface area (Å²) in [7, 11) is 0. The van der Waals surface area contributed by atoms with Gasteiger partial charge >= 0.3 is 0 Å². The summed E-state index contributed by atoms with van der Waals surface area (Å²) in [5, 5.41) is 1.12. The molecular formula is C11H12BrNO. The van der Waals surface area contributed by atoms with Crippen molar-refractivity contribution in [1.82, 2.24) is 0 Å². The van der Waals surface area contributed by atoms with Gasteiger partial charge in [0.1, 0.15) is 11.3 Å². The standard InChI is InChI=1S/C11H12BrNO/c1-7(13)4-10-6-8-5-9(12)2-3-11(8)14-10/h2-3,5-7H,4,13H2,1H3. The minimum absolute atomic E-state index is 0.138. The number of fused-ring (bicyclic) bond motifs is 1. The van der Waals surface area contributed by atoms with Gasteiger partial charge in [0.15, 0.2) is 0 Å².